The van der Waals surface area contributed by atoms with Gasteiger partial charge in [-0.3, -0.25) is 4.79 Å². The van der Waals surface area contributed by atoms with E-state index in [4.69, 9.17) is 16.1 Å². The van der Waals surface area contributed by atoms with Crippen LogP contribution < -0.4 is 4.90 Å². The molecule has 2 heterocycles. The number of hydrogen-bond donors (Lipinski definition) is 0. The molecular weight excluding hydrogens is 383 g/mol. The number of aromatic nitrogens is 2. The molecule has 0 bridgehead atoms. The van der Waals surface area contributed by atoms with Gasteiger partial charge in [-0.15, -0.1) is 0 Å². The zero-order valence-corrected chi connectivity index (χ0v) is 14.4. The summed E-state index contributed by atoms with van der Waals surface area (Å²) < 4.78 is 45.7. The van der Waals surface area contributed by atoms with Crippen molar-refractivity contribution in [3.05, 3.63) is 64.8 Å². The van der Waals surface area contributed by atoms with Crippen molar-refractivity contribution in [3.8, 4) is 11.4 Å². The summed E-state index contributed by atoms with van der Waals surface area (Å²) in [5.41, 5.74) is 0.500. The van der Waals surface area contributed by atoms with E-state index in [9.17, 15) is 18.0 Å². The first kappa shape index (κ1) is 17.5. The molecule has 9 heteroatoms. The molecule has 1 atom stereocenters. The minimum Gasteiger partial charge on any atom is -0.339 e. The standard InChI is InChI=1S/C18H11ClF3N3O2/c19-14-2-1-9(3-15(14)22)17-23-18(27-24-17)10-4-16(26)25(8-10)13-6-11(20)5-12(21)7-13/h1-3,5-7,10H,4,8H2. The molecule has 1 aliphatic rings. The van der Waals surface area contributed by atoms with E-state index in [0.717, 1.165) is 18.2 Å². The van der Waals surface area contributed by atoms with Gasteiger partial charge < -0.3 is 9.42 Å². The third-order valence-corrected chi connectivity index (χ3v) is 4.56. The maximum Gasteiger partial charge on any atom is 0.232 e. The lowest BCUT2D eigenvalue weighted by molar-refractivity contribution is -0.117. The summed E-state index contributed by atoms with van der Waals surface area (Å²) in [6, 6.07) is 7.00. The predicted octanol–water partition coefficient (Wildman–Crippen LogP) is 4.33. The lowest BCUT2D eigenvalue weighted by Gasteiger charge is -2.16. The van der Waals surface area contributed by atoms with Crippen LogP contribution in [-0.4, -0.2) is 22.6 Å². The number of rotatable bonds is 3. The lowest BCUT2D eigenvalue weighted by Crippen LogP contribution is -2.24. The molecule has 2 aromatic carbocycles. The SMILES string of the molecule is O=C1CC(c2nc(-c3ccc(Cl)c(F)c3)no2)CN1c1cc(F)cc(F)c1. The van der Waals surface area contributed by atoms with Gasteiger partial charge in [-0.1, -0.05) is 16.8 Å². The van der Waals surface area contributed by atoms with Crippen molar-refractivity contribution in [2.24, 2.45) is 0 Å². The summed E-state index contributed by atoms with van der Waals surface area (Å²) in [5, 5.41) is 3.78. The topological polar surface area (TPSA) is 59.2 Å². The summed E-state index contributed by atoms with van der Waals surface area (Å²) in [6.45, 7) is 0.137. The number of hydrogen-bond acceptors (Lipinski definition) is 4. The number of carbonyl (C=O) groups is 1. The molecule has 0 spiro atoms. The Morgan fingerprint density at radius 2 is 1.85 bits per heavy atom. The highest BCUT2D eigenvalue weighted by atomic mass is 35.5. The molecule has 1 amide bonds. The lowest BCUT2D eigenvalue weighted by atomic mass is 10.1. The van der Waals surface area contributed by atoms with Crippen LogP contribution in [0.1, 0.15) is 18.2 Å². The van der Waals surface area contributed by atoms with E-state index in [1.54, 1.807) is 6.07 Å². The van der Waals surface area contributed by atoms with Gasteiger partial charge in [-0.2, -0.15) is 4.98 Å². The number of anilines is 1. The highest BCUT2D eigenvalue weighted by Gasteiger charge is 2.35. The highest BCUT2D eigenvalue weighted by molar-refractivity contribution is 6.30. The van der Waals surface area contributed by atoms with E-state index in [2.05, 4.69) is 10.1 Å². The van der Waals surface area contributed by atoms with Gasteiger partial charge in [0.15, 0.2) is 0 Å². The van der Waals surface area contributed by atoms with Crippen LogP contribution in [-0.2, 0) is 4.79 Å². The molecule has 1 saturated heterocycles. The van der Waals surface area contributed by atoms with Crippen LogP contribution in [0.15, 0.2) is 40.9 Å². The van der Waals surface area contributed by atoms with Crippen molar-refractivity contribution >= 4 is 23.2 Å². The summed E-state index contributed by atoms with van der Waals surface area (Å²) in [7, 11) is 0. The molecule has 1 aliphatic heterocycles. The van der Waals surface area contributed by atoms with Crippen molar-refractivity contribution in [3.63, 3.8) is 0 Å². The average Bonchev–Trinajstić information content (AvgIpc) is 3.23. The number of amides is 1. The van der Waals surface area contributed by atoms with E-state index in [1.807, 2.05) is 0 Å². The summed E-state index contributed by atoms with van der Waals surface area (Å²) in [6.07, 6.45) is 0.0503. The Morgan fingerprint density at radius 3 is 2.56 bits per heavy atom. The quantitative estimate of drug-likeness (QED) is 0.664. The van der Waals surface area contributed by atoms with Crippen molar-refractivity contribution < 1.29 is 22.5 Å². The Balaban J connectivity index is 1.57. The van der Waals surface area contributed by atoms with Crippen LogP contribution in [0.2, 0.25) is 5.02 Å². The maximum atomic E-state index is 13.6. The molecule has 4 rings (SSSR count). The second kappa shape index (κ2) is 6.70. The molecule has 1 fully saturated rings. The smallest absolute Gasteiger partial charge is 0.232 e. The Bertz CT molecular complexity index is 1020. The minimum absolute atomic E-state index is 0.0261. The third kappa shape index (κ3) is 3.40. The number of benzene rings is 2. The summed E-state index contributed by atoms with van der Waals surface area (Å²) in [5.74, 6) is -2.58. The van der Waals surface area contributed by atoms with Crippen molar-refractivity contribution in [1.29, 1.82) is 0 Å². The Labute approximate surface area is 156 Å². The fourth-order valence-electron chi connectivity index (χ4n) is 2.97. The van der Waals surface area contributed by atoms with Gasteiger partial charge in [0, 0.05) is 30.3 Å². The van der Waals surface area contributed by atoms with Gasteiger partial charge in [0.2, 0.25) is 17.6 Å². The Hall–Kier alpha value is -2.87. The van der Waals surface area contributed by atoms with E-state index < -0.39 is 23.4 Å². The van der Waals surface area contributed by atoms with Crippen LogP contribution in [0.3, 0.4) is 0 Å². The van der Waals surface area contributed by atoms with Crippen LogP contribution in [0.4, 0.5) is 18.9 Å². The average molecular weight is 394 g/mol. The van der Waals surface area contributed by atoms with Crippen LogP contribution in [0, 0.1) is 17.5 Å². The van der Waals surface area contributed by atoms with Crippen molar-refractivity contribution in [2.45, 2.75) is 12.3 Å². The Kier molecular flexibility index (Phi) is 4.35. The molecule has 1 unspecified atom stereocenters. The van der Waals surface area contributed by atoms with Crippen LogP contribution in [0.25, 0.3) is 11.4 Å². The van der Waals surface area contributed by atoms with E-state index in [-0.39, 0.29) is 41.3 Å². The number of carbonyl (C=O) groups excluding carboxylic acids is 1. The fourth-order valence-corrected chi connectivity index (χ4v) is 3.09. The highest BCUT2D eigenvalue weighted by Crippen LogP contribution is 2.33. The second-order valence-electron chi connectivity index (χ2n) is 6.12. The maximum absolute atomic E-state index is 13.6. The van der Waals surface area contributed by atoms with E-state index in [0.29, 0.717) is 5.56 Å². The molecule has 5 nitrogen and oxygen atoms in total. The van der Waals surface area contributed by atoms with E-state index >= 15 is 0 Å². The fraction of sp³-hybridized carbons (Fsp3) is 0.167. The van der Waals surface area contributed by atoms with Gasteiger partial charge in [0.05, 0.1) is 10.9 Å². The molecule has 3 aromatic rings. The van der Waals surface area contributed by atoms with Crippen molar-refractivity contribution in [1.82, 2.24) is 10.1 Å². The molecular formula is C18H11ClF3N3O2. The summed E-state index contributed by atoms with van der Waals surface area (Å²) in [4.78, 5) is 17.7. The first-order valence-corrected chi connectivity index (χ1v) is 8.34. The molecule has 0 N–H and O–H groups in total. The predicted molar refractivity (Wildman–Crippen MR) is 90.8 cm³/mol. The largest absolute Gasteiger partial charge is 0.339 e. The molecule has 27 heavy (non-hydrogen) atoms. The minimum atomic E-state index is -0.772. The normalized spacial score (nSPS) is 17.0. The van der Waals surface area contributed by atoms with Gasteiger partial charge in [0.25, 0.3) is 0 Å². The monoisotopic (exact) mass is 393 g/mol. The number of nitrogens with zero attached hydrogens (tertiary/aromatic N) is 3. The van der Waals surface area contributed by atoms with Crippen molar-refractivity contribution in [2.75, 3.05) is 11.4 Å². The first-order valence-electron chi connectivity index (χ1n) is 7.96. The molecule has 0 saturated carbocycles. The Morgan fingerprint density at radius 1 is 1.11 bits per heavy atom. The zero-order valence-electron chi connectivity index (χ0n) is 13.6. The van der Waals surface area contributed by atoms with Gasteiger partial charge in [-0.25, -0.2) is 13.2 Å². The first-order chi connectivity index (χ1) is 12.9. The molecule has 0 aliphatic carbocycles. The zero-order chi connectivity index (χ0) is 19.1. The molecule has 1 aromatic heterocycles. The van der Waals surface area contributed by atoms with Gasteiger partial charge >= 0.3 is 0 Å². The van der Waals surface area contributed by atoms with E-state index in [1.165, 1.54) is 17.0 Å². The van der Waals surface area contributed by atoms with Gasteiger partial charge in [-0.05, 0) is 30.3 Å². The summed E-state index contributed by atoms with van der Waals surface area (Å²) >= 11 is 5.65. The second-order valence-corrected chi connectivity index (χ2v) is 6.53. The van der Waals surface area contributed by atoms with Gasteiger partial charge in [0.1, 0.15) is 17.5 Å². The molecule has 138 valence electrons. The van der Waals surface area contributed by atoms with Crippen LogP contribution in [0.5, 0.6) is 0 Å². The third-order valence-electron chi connectivity index (χ3n) is 4.25. The van der Waals surface area contributed by atoms with Crippen LogP contribution >= 0.6 is 11.6 Å². The number of halogens is 4. The molecule has 0 radical (unpaired) electrons.